The highest BCUT2D eigenvalue weighted by molar-refractivity contribution is 7.94. The number of aliphatic hydroxyl groups excluding tert-OH is 1. The second kappa shape index (κ2) is 7.51. The first-order valence-corrected chi connectivity index (χ1v) is 8.38. The number of thiazole rings is 1. The number of carbonyl (C=O) groups excluding carboxylic acids is 1. The van der Waals surface area contributed by atoms with E-state index in [0.717, 1.165) is 27.2 Å². The minimum Gasteiger partial charge on any atom is -0.448 e. The van der Waals surface area contributed by atoms with Gasteiger partial charge in [0.15, 0.2) is 0 Å². The van der Waals surface area contributed by atoms with Gasteiger partial charge in [-0.05, 0) is 25.2 Å². The Morgan fingerprint density at radius 3 is 3.17 bits per heavy atom. The molecule has 1 aliphatic heterocycles. The van der Waals surface area contributed by atoms with Gasteiger partial charge in [0.1, 0.15) is 13.0 Å². The molecular weight excluding hydrogens is 356 g/mol. The van der Waals surface area contributed by atoms with E-state index in [1.807, 2.05) is 18.2 Å². The number of nitrogens with zero attached hydrogens (tertiary/aromatic N) is 4. The van der Waals surface area contributed by atoms with E-state index in [9.17, 15) is 9.90 Å². The molecule has 9 nitrogen and oxygen atoms in total. The molecule has 1 saturated heterocycles. The van der Waals surface area contributed by atoms with Crippen LogP contribution in [0.4, 0.5) is 5.13 Å². The molecule has 2 unspecified atom stereocenters. The monoisotopic (exact) mass is 370 g/mol. The van der Waals surface area contributed by atoms with Crippen molar-refractivity contribution in [3.05, 3.63) is 18.2 Å². The van der Waals surface area contributed by atoms with E-state index in [1.54, 1.807) is 7.05 Å². The van der Waals surface area contributed by atoms with Crippen molar-refractivity contribution in [1.29, 1.82) is 0 Å². The molecule has 128 valence electrons. The van der Waals surface area contributed by atoms with Crippen LogP contribution in [0, 0.1) is 0 Å². The SMILES string of the molecule is COOSc1ccc2nc(N=NC3C(=O)OCN(C)C3O)sc2c1. The topological polar surface area (TPSA) is 106 Å². The summed E-state index contributed by atoms with van der Waals surface area (Å²) in [5, 5.41) is 18.2. The third-order valence-electron chi connectivity index (χ3n) is 3.20. The van der Waals surface area contributed by atoms with Crippen molar-refractivity contribution >= 4 is 44.7 Å². The van der Waals surface area contributed by atoms with Crippen molar-refractivity contribution < 1.29 is 23.9 Å². The summed E-state index contributed by atoms with van der Waals surface area (Å²) in [6.45, 7) is 0.0249. The first kappa shape index (κ1) is 17.2. The van der Waals surface area contributed by atoms with E-state index in [4.69, 9.17) is 9.07 Å². The number of azo groups is 1. The number of rotatable bonds is 5. The molecule has 1 aromatic carbocycles. The van der Waals surface area contributed by atoms with Crippen LogP contribution in [0.15, 0.2) is 33.3 Å². The smallest absolute Gasteiger partial charge is 0.338 e. The fourth-order valence-corrected chi connectivity index (χ4v) is 3.31. The fraction of sp³-hybridized carbons (Fsp3) is 0.385. The lowest BCUT2D eigenvalue weighted by Crippen LogP contribution is -2.51. The molecular formula is C13H14N4O5S2. The summed E-state index contributed by atoms with van der Waals surface area (Å²) in [5.41, 5.74) is 0.750. The Hall–Kier alpha value is -1.63. The predicted molar refractivity (Wildman–Crippen MR) is 86.6 cm³/mol. The van der Waals surface area contributed by atoms with Crippen molar-refractivity contribution in [2.45, 2.75) is 17.2 Å². The van der Waals surface area contributed by atoms with E-state index >= 15 is 0 Å². The summed E-state index contributed by atoms with van der Waals surface area (Å²) in [5.74, 6) is -0.610. The van der Waals surface area contributed by atoms with Crippen molar-refractivity contribution in [2.75, 3.05) is 20.9 Å². The van der Waals surface area contributed by atoms with Crippen molar-refractivity contribution in [3.63, 3.8) is 0 Å². The molecule has 0 amide bonds. The number of benzene rings is 1. The summed E-state index contributed by atoms with van der Waals surface area (Å²) >= 11 is 2.39. The minimum absolute atomic E-state index is 0.0249. The molecule has 0 aliphatic carbocycles. The molecule has 0 spiro atoms. The van der Waals surface area contributed by atoms with Crippen LogP contribution in [-0.4, -0.2) is 54.1 Å². The van der Waals surface area contributed by atoms with Gasteiger partial charge in [0.25, 0.3) is 0 Å². The van der Waals surface area contributed by atoms with Gasteiger partial charge >= 0.3 is 5.97 Å². The predicted octanol–water partition coefficient (Wildman–Crippen LogP) is 2.10. The molecule has 11 heteroatoms. The van der Waals surface area contributed by atoms with Gasteiger partial charge in [0, 0.05) is 4.90 Å². The van der Waals surface area contributed by atoms with Crippen LogP contribution in [0.25, 0.3) is 10.2 Å². The number of hydrogen-bond acceptors (Lipinski definition) is 11. The lowest BCUT2D eigenvalue weighted by Gasteiger charge is -2.30. The van der Waals surface area contributed by atoms with Gasteiger partial charge in [-0.3, -0.25) is 0 Å². The van der Waals surface area contributed by atoms with Crippen molar-refractivity contribution in [1.82, 2.24) is 9.88 Å². The van der Waals surface area contributed by atoms with Gasteiger partial charge in [-0.15, -0.1) is 5.11 Å². The maximum Gasteiger partial charge on any atom is 0.338 e. The number of aromatic nitrogens is 1. The first-order valence-electron chi connectivity index (χ1n) is 6.82. The number of cyclic esters (lactones) is 1. The Morgan fingerprint density at radius 1 is 1.54 bits per heavy atom. The van der Waals surface area contributed by atoms with Crippen LogP contribution >= 0.6 is 23.4 Å². The Labute approximate surface area is 145 Å². The molecule has 0 saturated carbocycles. The molecule has 24 heavy (non-hydrogen) atoms. The zero-order valence-electron chi connectivity index (χ0n) is 12.8. The third-order valence-corrected chi connectivity index (χ3v) is 4.75. The molecule has 0 bridgehead atoms. The average Bonchev–Trinajstić information content (AvgIpc) is 2.98. The number of ether oxygens (including phenoxy) is 1. The van der Waals surface area contributed by atoms with Crippen LogP contribution in [0.5, 0.6) is 0 Å². The summed E-state index contributed by atoms with van der Waals surface area (Å²) in [6, 6.07) is 4.46. The van der Waals surface area contributed by atoms with Gasteiger partial charge in [-0.1, -0.05) is 11.3 Å². The number of fused-ring (bicyclic) bond motifs is 1. The highest BCUT2D eigenvalue weighted by Crippen LogP contribution is 2.32. The van der Waals surface area contributed by atoms with E-state index in [0.29, 0.717) is 5.13 Å². The van der Waals surface area contributed by atoms with Gasteiger partial charge in [0.2, 0.25) is 11.2 Å². The largest absolute Gasteiger partial charge is 0.448 e. The zero-order chi connectivity index (χ0) is 17.1. The number of esters is 1. The van der Waals surface area contributed by atoms with Crippen molar-refractivity contribution in [2.24, 2.45) is 10.2 Å². The van der Waals surface area contributed by atoms with Gasteiger partial charge in [0.05, 0.1) is 29.4 Å². The van der Waals surface area contributed by atoms with E-state index in [1.165, 1.54) is 23.3 Å². The second-order valence-corrected chi connectivity index (χ2v) is 6.65. The minimum atomic E-state index is -1.09. The summed E-state index contributed by atoms with van der Waals surface area (Å²) in [4.78, 5) is 22.9. The van der Waals surface area contributed by atoms with E-state index < -0.39 is 18.2 Å². The quantitative estimate of drug-likeness (QED) is 0.280. The zero-order valence-corrected chi connectivity index (χ0v) is 14.4. The number of aliphatic hydroxyl groups is 1. The lowest BCUT2D eigenvalue weighted by atomic mass is 10.2. The Balaban J connectivity index is 1.78. The second-order valence-electron chi connectivity index (χ2n) is 4.87. The number of likely N-dealkylation sites (N-methyl/N-ethyl adjacent to an activating group) is 1. The van der Waals surface area contributed by atoms with E-state index in [2.05, 4.69) is 20.1 Å². The molecule has 1 N–H and O–H groups in total. The number of hydrogen-bond donors (Lipinski definition) is 1. The Morgan fingerprint density at radius 2 is 2.38 bits per heavy atom. The van der Waals surface area contributed by atoms with Gasteiger partial charge < -0.3 is 9.84 Å². The van der Waals surface area contributed by atoms with Crippen LogP contribution in [-0.2, 0) is 18.8 Å². The molecule has 1 aliphatic rings. The van der Waals surface area contributed by atoms with Crippen LogP contribution in [0.1, 0.15) is 0 Å². The van der Waals surface area contributed by atoms with Gasteiger partial charge in [-0.2, -0.15) is 9.45 Å². The fourth-order valence-electron chi connectivity index (χ4n) is 1.97. The van der Waals surface area contributed by atoms with Crippen molar-refractivity contribution in [3.8, 4) is 0 Å². The van der Waals surface area contributed by atoms with Crippen LogP contribution in [0.2, 0.25) is 0 Å². The molecule has 1 aromatic heterocycles. The molecule has 2 atom stereocenters. The van der Waals surface area contributed by atoms with Gasteiger partial charge in [-0.25, -0.2) is 19.6 Å². The van der Waals surface area contributed by atoms with Crippen LogP contribution in [0.3, 0.4) is 0 Å². The summed E-state index contributed by atoms with van der Waals surface area (Å²) in [6.07, 6.45) is -1.07. The number of carbonyl (C=O) groups is 1. The summed E-state index contributed by atoms with van der Waals surface area (Å²) in [7, 11) is 3.05. The third kappa shape index (κ3) is 3.71. The molecule has 2 aromatic rings. The molecule has 2 heterocycles. The first-order chi connectivity index (χ1) is 11.6. The molecule has 3 rings (SSSR count). The Kier molecular flexibility index (Phi) is 5.38. The standard InChI is InChI=1S/C13H14N4O5S2/c1-17-6-21-12(19)10(11(17)18)15-16-13-14-8-4-3-7(24-22-20-2)5-9(8)23-13/h3-5,10-11,18H,6H2,1-2H3. The highest BCUT2D eigenvalue weighted by atomic mass is 32.2. The van der Waals surface area contributed by atoms with Crippen LogP contribution < -0.4 is 0 Å². The highest BCUT2D eigenvalue weighted by Gasteiger charge is 2.36. The Bertz CT molecular complexity index is 768. The molecule has 1 fully saturated rings. The molecule has 0 radical (unpaired) electrons. The maximum atomic E-state index is 11.7. The average molecular weight is 370 g/mol. The van der Waals surface area contributed by atoms with E-state index in [-0.39, 0.29) is 6.73 Å². The maximum absolute atomic E-state index is 11.7. The normalized spacial score (nSPS) is 22.4. The lowest BCUT2D eigenvalue weighted by molar-refractivity contribution is -0.175. The summed E-state index contributed by atoms with van der Waals surface area (Å²) < 4.78 is 10.6.